The molecule has 0 bridgehead atoms. The van der Waals surface area contributed by atoms with Gasteiger partial charge in [0, 0.05) is 44.7 Å². The molecule has 1 fully saturated rings. The van der Waals surface area contributed by atoms with Crippen LogP contribution in [0.2, 0.25) is 0 Å². The Morgan fingerprint density at radius 1 is 1.06 bits per heavy atom. The van der Waals surface area contributed by atoms with Gasteiger partial charge in [-0.3, -0.25) is 9.69 Å². The molecular formula is C24H31Cl2N3O4. The van der Waals surface area contributed by atoms with Crippen molar-refractivity contribution in [1.29, 1.82) is 0 Å². The number of fused-ring (bicyclic) bond motifs is 1. The molecule has 1 aliphatic heterocycles. The average molecular weight is 496 g/mol. The first-order valence-corrected chi connectivity index (χ1v) is 10.7. The number of nitrogens with one attached hydrogen (secondary N) is 2. The van der Waals surface area contributed by atoms with Gasteiger partial charge in [0.15, 0.2) is 17.1 Å². The second-order valence-electron chi connectivity index (χ2n) is 7.58. The maximum atomic E-state index is 12.7. The van der Waals surface area contributed by atoms with E-state index in [2.05, 4.69) is 15.5 Å². The fourth-order valence-corrected chi connectivity index (χ4v) is 3.73. The number of morpholine rings is 1. The van der Waals surface area contributed by atoms with Crippen molar-refractivity contribution in [3.8, 4) is 5.75 Å². The second-order valence-corrected chi connectivity index (χ2v) is 7.58. The molecule has 4 rings (SSSR count). The molecule has 1 saturated heterocycles. The van der Waals surface area contributed by atoms with Crippen LogP contribution in [0.1, 0.15) is 21.7 Å². The Morgan fingerprint density at radius 3 is 2.55 bits per heavy atom. The molecule has 0 atom stereocenters. The van der Waals surface area contributed by atoms with Crippen LogP contribution in [-0.2, 0) is 17.8 Å². The first-order chi connectivity index (χ1) is 15.2. The van der Waals surface area contributed by atoms with Crippen LogP contribution < -0.4 is 15.4 Å². The number of furan rings is 1. The van der Waals surface area contributed by atoms with Crippen molar-refractivity contribution >= 4 is 41.7 Å². The van der Waals surface area contributed by atoms with Gasteiger partial charge >= 0.3 is 0 Å². The number of hydrogen-bond acceptors (Lipinski definition) is 6. The number of hydrogen-bond donors (Lipinski definition) is 2. The van der Waals surface area contributed by atoms with Crippen molar-refractivity contribution in [2.24, 2.45) is 0 Å². The van der Waals surface area contributed by atoms with Crippen LogP contribution in [0.5, 0.6) is 5.75 Å². The maximum Gasteiger partial charge on any atom is 0.287 e. The molecule has 0 spiro atoms. The Kier molecular flexibility index (Phi) is 11.0. The molecule has 3 aromatic rings. The van der Waals surface area contributed by atoms with Gasteiger partial charge in [-0.2, -0.15) is 0 Å². The number of carbonyl (C=O) groups is 1. The van der Waals surface area contributed by atoms with Gasteiger partial charge in [-0.1, -0.05) is 36.4 Å². The Bertz CT molecular complexity index is 1010. The fourth-order valence-electron chi connectivity index (χ4n) is 3.73. The van der Waals surface area contributed by atoms with Crippen LogP contribution in [0.25, 0.3) is 11.0 Å². The van der Waals surface area contributed by atoms with Crippen molar-refractivity contribution in [1.82, 2.24) is 15.5 Å². The zero-order valence-electron chi connectivity index (χ0n) is 18.7. The minimum atomic E-state index is -0.242. The van der Waals surface area contributed by atoms with Crippen LogP contribution in [0.3, 0.4) is 0 Å². The van der Waals surface area contributed by atoms with Crippen molar-refractivity contribution in [3.63, 3.8) is 0 Å². The van der Waals surface area contributed by atoms with Gasteiger partial charge < -0.3 is 24.5 Å². The molecule has 0 unspecified atom stereocenters. The Hall–Kier alpha value is -2.29. The number of carbonyl (C=O) groups excluding carboxylic acids is 1. The number of methoxy groups -OCH3 is 1. The molecule has 1 aromatic heterocycles. The SMILES string of the molecule is COc1ccc(CNCCN2CCOCC2)c2cc(C(=O)NCc3ccccc3)oc12.Cl.Cl. The maximum absolute atomic E-state index is 12.7. The molecule has 2 heterocycles. The number of rotatable bonds is 9. The summed E-state index contributed by atoms with van der Waals surface area (Å²) in [5.74, 6) is 0.660. The van der Waals surface area contributed by atoms with Crippen LogP contribution in [0, 0.1) is 0 Å². The topological polar surface area (TPSA) is 76.0 Å². The van der Waals surface area contributed by atoms with Crippen molar-refractivity contribution in [2.75, 3.05) is 46.5 Å². The summed E-state index contributed by atoms with van der Waals surface area (Å²) in [7, 11) is 1.60. The van der Waals surface area contributed by atoms with Crippen molar-refractivity contribution in [2.45, 2.75) is 13.1 Å². The largest absolute Gasteiger partial charge is 0.493 e. The van der Waals surface area contributed by atoms with E-state index in [9.17, 15) is 4.79 Å². The monoisotopic (exact) mass is 495 g/mol. The van der Waals surface area contributed by atoms with Crippen molar-refractivity contribution in [3.05, 3.63) is 65.4 Å². The summed E-state index contributed by atoms with van der Waals surface area (Å²) in [6, 6.07) is 15.5. The van der Waals surface area contributed by atoms with E-state index in [1.807, 2.05) is 42.5 Å². The predicted octanol–water partition coefficient (Wildman–Crippen LogP) is 3.64. The summed E-state index contributed by atoms with van der Waals surface area (Å²) >= 11 is 0. The van der Waals surface area contributed by atoms with E-state index in [-0.39, 0.29) is 36.5 Å². The summed E-state index contributed by atoms with van der Waals surface area (Å²) in [6.07, 6.45) is 0. The molecule has 2 aromatic carbocycles. The standard InChI is InChI=1S/C24H29N3O4.2ClH/c1-29-21-8-7-19(17-25-9-10-27-11-13-30-14-12-27)20-15-22(31-23(20)21)24(28)26-16-18-5-3-2-4-6-18;;/h2-8,15,25H,9-14,16-17H2,1H3,(H,26,28);2*1H. The highest BCUT2D eigenvalue weighted by Crippen LogP contribution is 2.31. The third-order valence-corrected chi connectivity index (χ3v) is 5.50. The fraction of sp³-hybridized carbons (Fsp3) is 0.375. The zero-order valence-corrected chi connectivity index (χ0v) is 20.3. The van der Waals surface area contributed by atoms with E-state index in [0.717, 1.165) is 55.9 Å². The van der Waals surface area contributed by atoms with Gasteiger partial charge in [-0.15, -0.1) is 24.8 Å². The molecule has 2 N–H and O–H groups in total. The van der Waals surface area contributed by atoms with Gasteiger partial charge in [-0.05, 0) is 23.3 Å². The van der Waals surface area contributed by atoms with Crippen LogP contribution in [-0.4, -0.2) is 57.3 Å². The molecule has 9 heteroatoms. The highest BCUT2D eigenvalue weighted by molar-refractivity contribution is 5.98. The molecule has 0 radical (unpaired) electrons. The van der Waals surface area contributed by atoms with E-state index in [1.54, 1.807) is 13.2 Å². The van der Waals surface area contributed by atoms with E-state index < -0.39 is 0 Å². The van der Waals surface area contributed by atoms with E-state index in [1.165, 1.54) is 0 Å². The first kappa shape index (κ1) is 27.0. The average Bonchev–Trinajstić information content (AvgIpc) is 3.27. The van der Waals surface area contributed by atoms with Crippen LogP contribution in [0.4, 0.5) is 0 Å². The molecule has 0 saturated carbocycles. The van der Waals surface area contributed by atoms with Gasteiger partial charge in [0.1, 0.15) is 0 Å². The van der Waals surface area contributed by atoms with E-state index in [0.29, 0.717) is 24.4 Å². The quantitative estimate of drug-likeness (QED) is 0.441. The lowest BCUT2D eigenvalue weighted by Gasteiger charge is -2.26. The highest BCUT2D eigenvalue weighted by Gasteiger charge is 2.17. The zero-order chi connectivity index (χ0) is 21.5. The van der Waals surface area contributed by atoms with Crippen molar-refractivity contribution < 1.29 is 18.7 Å². The third-order valence-electron chi connectivity index (χ3n) is 5.50. The minimum Gasteiger partial charge on any atom is -0.493 e. The van der Waals surface area contributed by atoms with Crippen LogP contribution in [0.15, 0.2) is 52.9 Å². The number of ether oxygens (including phenoxy) is 2. The molecule has 1 amide bonds. The first-order valence-electron chi connectivity index (χ1n) is 10.7. The smallest absolute Gasteiger partial charge is 0.287 e. The second kappa shape index (κ2) is 13.4. The molecule has 180 valence electrons. The molecular weight excluding hydrogens is 465 g/mol. The molecule has 33 heavy (non-hydrogen) atoms. The van der Waals surface area contributed by atoms with Crippen LogP contribution >= 0.6 is 24.8 Å². The summed E-state index contributed by atoms with van der Waals surface area (Å²) in [4.78, 5) is 15.1. The van der Waals surface area contributed by atoms with Gasteiger partial charge in [0.2, 0.25) is 0 Å². The van der Waals surface area contributed by atoms with Gasteiger partial charge in [0.05, 0.1) is 20.3 Å². The normalized spacial score (nSPS) is 13.7. The number of nitrogens with zero attached hydrogens (tertiary/aromatic N) is 1. The number of benzene rings is 2. The highest BCUT2D eigenvalue weighted by atomic mass is 35.5. The Morgan fingerprint density at radius 2 is 1.82 bits per heavy atom. The third kappa shape index (κ3) is 7.09. The summed E-state index contributed by atoms with van der Waals surface area (Å²) < 4.78 is 16.7. The number of amides is 1. The van der Waals surface area contributed by atoms with Gasteiger partial charge in [-0.25, -0.2) is 0 Å². The molecule has 1 aliphatic rings. The van der Waals surface area contributed by atoms with E-state index in [4.69, 9.17) is 13.9 Å². The lowest BCUT2D eigenvalue weighted by atomic mass is 10.1. The van der Waals surface area contributed by atoms with E-state index >= 15 is 0 Å². The predicted molar refractivity (Wildman–Crippen MR) is 134 cm³/mol. The summed E-state index contributed by atoms with van der Waals surface area (Å²) in [6.45, 7) is 6.60. The lowest BCUT2D eigenvalue weighted by Crippen LogP contribution is -2.40. The summed E-state index contributed by atoms with van der Waals surface area (Å²) in [5, 5.41) is 7.31. The Labute approximate surface area is 206 Å². The van der Waals surface area contributed by atoms with Gasteiger partial charge in [0.25, 0.3) is 5.91 Å². The molecule has 0 aliphatic carbocycles. The Balaban J connectivity index is 0.00000193. The lowest BCUT2D eigenvalue weighted by molar-refractivity contribution is 0.0384. The number of halogens is 2. The summed E-state index contributed by atoms with van der Waals surface area (Å²) in [5.41, 5.74) is 2.71. The molecule has 7 nitrogen and oxygen atoms in total. The minimum absolute atomic E-state index is 0.